The number of aromatic nitrogens is 6. The van der Waals surface area contributed by atoms with Crippen molar-refractivity contribution >= 4 is 11.9 Å². The van der Waals surface area contributed by atoms with Crippen LogP contribution in [0.5, 0.6) is 23.0 Å². The molecule has 2 atom stereocenters. The molecule has 0 saturated heterocycles. The zero-order chi connectivity index (χ0) is 56.2. The summed E-state index contributed by atoms with van der Waals surface area (Å²) < 4.78 is 27.2. The van der Waals surface area contributed by atoms with E-state index in [1.807, 2.05) is 104 Å². The Labute approximate surface area is 456 Å². The van der Waals surface area contributed by atoms with Crippen LogP contribution >= 0.6 is 0 Å². The number of esters is 2. The van der Waals surface area contributed by atoms with Crippen LogP contribution in [0.3, 0.4) is 0 Å². The number of benzene rings is 6. The van der Waals surface area contributed by atoms with E-state index >= 15 is 0 Å². The molecule has 0 spiro atoms. The highest BCUT2D eigenvalue weighted by Gasteiger charge is 2.24. The number of aromatic hydroxyl groups is 2. The minimum atomic E-state index is -1.16. The number of phenols is 2. The second-order valence-electron chi connectivity index (χ2n) is 19.4. The molecule has 2 N–H and O–H groups in total. The number of aryl methyl sites for hydroxylation is 8. The number of phenolic OH excluding ortho intramolecular Hbond substituents is 2. The molecule has 404 valence electrons. The van der Waals surface area contributed by atoms with Gasteiger partial charge in [-0.1, -0.05) is 109 Å². The van der Waals surface area contributed by atoms with Gasteiger partial charge in [-0.2, -0.15) is 0 Å². The molecule has 6 aromatic carbocycles. The third-order valence-electron chi connectivity index (χ3n) is 12.6. The molecule has 0 aliphatic carbocycles. The highest BCUT2D eigenvalue weighted by molar-refractivity contribution is 5.78. The first kappa shape index (κ1) is 57.2. The molecule has 0 saturated carbocycles. The summed E-state index contributed by atoms with van der Waals surface area (Å²) in [5.41, 5.74) is 12.4. The summed E-state index contributed by atoms with van der Waals surface area (Å²) in [6.45, 7) is 24.4. The average Bonchev–Trinajstić information content (AvgIpc) is 3.43. The molecule has 2 aromatic heterocycles. The van der Waals surface area contributed by atoms with Crippen molar-refractivity contribution in [2.75, 3.05) is 20.0 Å². The summed E-state index contributed by atoms with van der Waals surface area (Å²) in [6.07, 6.45) is -0.0336. The summed E-state index contributed by atoms with van der Waals surface area (Å²) in [7, 11) is 0. The molecule has 2 heterocycles. The predicted octanol–water partition coefficient (Wildman–Crippen LogP) is 13.0. The Morgan fingerprint density at radius 1 is 0.410 bits per heavy atom. The van der Waals surface area contributed by atoms with Crippen LogP contribution in [0.15, 0.2) is 109 Å². The van der Waals surface area contributed by atoms with Gasteiger partial charge in [0, 0.05) is 47.6 Å². The maximum atomic E-state index is 13.0. The highest BCUT2D eigenvalue weighted by Crippen LogP contribution is 2.36. The van der Waals surface area contributed by atoms with Gasteiger partial charge in [-0.3, -0.25) is 0 Å². The van der Waals surface area contributed by atoms with Gasteiger partial charge in [0.2, 0.25) is 6.79 Å². The largest absolute Gasteiger partial charge is 0.507 e. The molecule has 0 aliphatic heterocycles. The van der Waals surface area contributed by atoms with Crippen LogP contribution in [-0.4, -0.2) is 84.3 Å². The normalized spacial score (nSPS) is 11.7. The molecule has 78 heavy (non-hydrogen) atoms. The number of rotatable bonds is 18. The summed E-state index contributed by atoms with van der Waals surface area (Å²) in [6, 6.07) is 33.2. The summed E-state index contributed by atoms with van der Waals surface area (Å²) in [5, 5.41) is 22.6. The van der Waals surface area contributed by atoms with Crippen molar-refractivity contribution < 1.29 is 43.5 Å². The van der Waals surface area contributed by atoms with Crippen LogP contribution < -0.4 is 9.47 Å². The van der Waals surface area contributed by atoms with Crippen LogP contribution in [0.2, 0.25) is 0 Å². The van der Waals surface area contributed by atoms with E-state index in [0.717, 1.165) is 92.8 Å². The maximum absolute atomic E-state index is 13.0. The van der Waals surface area contributed by atoms with Crippen molar-refractivity contribution in [1.29, 1.82) is 0 Å². The first-order chi connectivity index (χ1) is 37.3. The molecule has 8 rings (SSSR count). The topological polar surface area (TPSA) is 198 Å². The zero-order valence-electron chi connectivity index (χ0n) is 46.5. The molecular formula is C63H68N6O9. The number of carbonyl (C=O) groups is 2. The molecular weight excluding hydrogens is 985 g/mol. The quantitative estimate of drug-likeness (QED) is 0.0467. The van der Waals surface area contributed by atoms with Crippen LogP contribution in [0.25, 0.3) is 68.3 Å². The van der Waals surface area contributed by atoms with Crippen molar-refractivity contribution in [2.24, 2.45) is 0 Å². The Kier molecular flexibility index (Phi) is 19.0. The average molecular weight is 1050 g/mol. The SMILES string of the molecule is CCCOCCC.Cc1ccc(-c2nc(-c3ccc(C)cc3C)nc(-c3ccc(OC(C)C(=O)OCOC(=O)C(C)Oc4ccc(-c5nc(-c6ccc(C)cc6C)nc(-c6ccc(C)cc6C)n5)c(O)c4)cc3O)n2)c(C)c1. The fourth-order valence-electron chi connectivity index (χ4n) is 8.56. The fraction of sp³-hybridized carbons (Fsp3) is 0.302. The lowest BCUT2D eigenvalue weighted by atomic mass is 10.0. The molecule has 0 fully saturated rings. The van der Waals surface area contributed by atoms with E-state index in [-0.39, 0.29) is 34.6 Å². The van der Waals surface area contributed by atoms with Crippen LogP contribution in [-0.2, 0) is 23.8 Å². The number of hydrogen-bond acceptors (Lipinski definition) is 15. The van der Waals surface area contributed by atoms with Gasteiger partial charge in [-0.15, -0.1) is 0 Å². The van der Waals surface area contributed by atoms with E-state index < -0.39 is 30.9 Å². The van der Waals surface area contributed by atoms with Gasteiger partial charge in [0.15, 0.2) is 47.2 Å². The molecule has 0 aliphatic rings. The molecule has 0 amide bonds. The first-order valence-corrected chi connectivity index (χ1v) is 26.1. The van der Waals surface area contributed by atoms with Gasteiger partial charge in [0.1, 0.15) is 23.0 Å². The monoisotopic (exact) mass is 1050 g/mol. The van der Waals surface area contributed by atoms with Gasteiger partial charge in [0.05, 0.1) is 11.1 Å². The zero-order valence-corrected chi connectivity index (χ0v) is 46.5. The molecule has 0 bridgehead atoms. The minimum Gasteiger partial charge on any atom is -0.507 e. The third kappa shape index (κ3) is 14.5. The Bertz CT molecular complexity index is 3090. The van der Waals surface area contributed by atoms with E-state index in [2.05, 4.69) is 38.1 Å². The molecule has 0 radical (unpaired) electrons. The molecule has 15 heteroatoms. The Morgan fingerprint density at radius 2 is 0.679 bits per heavy atom. The molecule has 2 unspecified atom stereocenters. The van der Waals surface area contributed by atoms with Crippen molar-refractivity contribution in [3.8, 4) is 91.3 Å². The number of nitrogens with zero attached hydrogens (tertiary/aromatic N) is 6. The Morgan fingerprint density at radius 3 is 0.936 bits per heavy atom. The Balaban J connectivity index is 0.00000118. The van der Waals surface area contributed by atoms with E-state index in [1.54, 1.807) is 24.3 Å². The van der Waals surface area contributed by atoms with E-state index in [4.69, 9.17) is 53.6 Å². The minimum absolute atomic E-state index is 0.168. The second-order valence-corrected chi connectivity index (χ2v) is 19.4. The van der Waals surface area contributed by atoms with E-state index in [9.17, 15) is 19.8 Å². The van der Waals surface area contributed by atoms with Crippen LogP contribution in [0, 0.1) is 55.4 Å². The standard InChI is InChI=1S/C57H54N6O8.C6H14O/c1-30-11-17-42(34(5)23-30)50-58-51(43-18-12-31(2)24-35(43)6)61-54(60-50)46-21-15-40(27-48(46)64)70-38(9)56(66)68-29-69-57(67)39(10)71-41-16-22-47(49(65)28-41)55-62-52(44-19-13-32(3)25-36(44)7)59-53(63-55)45-20-14-33(4)26-37(45)8;1-3-5-7-6-4-2/h11-28,38-39,64-65H,29H2,1-10H3;3-6H2,1-2H3. The van der Waals surface area contributed by atoms with Gasteiger partial charge in [0.25, 0.3) is 0 Å². The summed E-state index contributed by atoms with van der Waals surface area (Å²) in [5.74, 6) is 0.625. The van der Waals surface area contributed by atoms with Crippen LogP contribution in [0.4, 0.5) is 0 Å². The highest BCUT2D eigenvalue weighted by atomic mass is 16.7. The van der Waals surface area contributed by atoms with Gasteiger partial charge in [-0.25, -0.2) is 39.5 Å². The number of carbonyl (C=O) groups excluding carboxylic acids is 2. The van der Waals surface area contributed by atoms with Gasteiger partial charge < -0.3 is 33.9 Å². The lowest BCUT2D eigenvalue weighted by Crippen LogP contribution is -2.30. The van der Waals surface area contributed by atoms with Crippen molar-refractivity contribution in [1.82, 2.24) is 29.9 Å². The molecule has 8 aromatic rings. The predicted molar refractivity (Wildman–Crippen MR) is 302 cm³/mol. The fourth-order valence-corrected chi connectivity index (χ4v) is 8.56. The Hall–Kier alpha value is -8.56. The van der Waals surface area contributed by atoms with Crippen LogP contribution in [0.1, 0.15) is 85.0 Å². The summed E-state index contributed by atoms with van der Waals surface area (Å²) in [4.78, 5) is 54.8. The molecule has 15 nitrogen and oxygen atoms in total. The number of ether oxygens (including phenoxy) is 5. The van der Waals surface area contributed by atoms with Crippen molar-refractivity contribution in [3.63, 3.8) is 0 Å². The number of hydrogen-bond donors (Lipinski definition) is 2. The lowest BCUT2D eigenvalue weighted by molar-refractivity contribution is -0.175. The van der Waals surface area contributed by atoms with E-state index in [1.165, 1.54) is 26.0 Å². The second kappa shape index (κ2) is 26.0. The van der Waals surface area contributed by atoms with E-state index in [0.29, 0.717) is 34.4 Å². The van der Waals surface area contributed by atoms with Gasteiger partial charge >= 0.3 is 11.9 Å². The smallest absolute Gasteiger partial charge is 0.349 e. The third-order valence-corrected chi connectivity index (χ3v) is 12.6. The lowest BCUT2D eigenvalue weighted by Gasteiger charge is -2.17. The van der Waals surface area contributed by atoms with Crippen molar-refractivity contribution in [2.45, 2.75) is 108 Å². The first-order valence-electron chi connectivity index (χ1n) is 26.1. The van der Waals surface area contributed by atoms with Crippen molar-refractivity contribution in [3.05, 3.63) is 154 Å². The van der Waals surface area contributed by atoms with Gasteiger partial charge in [-0.05, 0) is 129 Å². The maximum Gasteiger partial charge on any atom is 0.349 e. The summed E-state index contributed by atoms with van der Waals surface area (Å²) >= 11 is 0.